The molecule has 0 fully saturated rings. The molecule has 0 aliphatic rings. The predicted molar refractivity (Wildman–Crippen MR) is 56.4 cm³/mol. The quantitative estimate of drug-likeness (QED) is 0.705. The third-order valence-electron chi connectivity index (χ3n) is 1.68. The number of amides is 1. The first-order chi connectivity index (χ1) is 6.77. The molecule has 1 amide bonds. The molecule has 1 rings (SSSR count). The Morgan fingerprint density at radius 3 is 3.00 bits per heavy atom. The molecule has 1 aromatic rings. The average molecular weight is 214 g/mol. The highest BCUT2D eigenvalue weighted by atomic mass is 32.1. The van der Waals surface area contributed by atoms with Gasteiger partial charge in [0.15, 0.2) is 0 Å². The molecule has 0 radical (unpaired) electrons. The SMILES string of the molecule is COCCNC(=O)c1ccc(CN)s1. The summed E-state index contributed by atoms with van der Waals surface area (Å²) in [6.07, 6.45) is 0. The van der Waals surface area contributed by atoms with Gasteiger partial charge in [-0.3, -0.25) is 4.79 Å². The highest BCUT2D eigenvalue weighted by molar-refractivity contribution is 7.14. The van der Waals surface area contributed by atoms with E-state index in [0.717, 1.165) is 4.88 Å². The Hall–Kier alpha value is -0.910. The molecule has 0 aromatic carbocycles. The molecule has 0 aliphatic heterocycles. The summed E-state index contributed by atoms with van der Waals surface area (Å²) in [5, 5.41) is 2.74. The molecule has 0 atom stereocenters. The van der Waals surface area contributed by atoms with E-state index >= 15 is 0 Å². The number of ether oxygens (including phenoxy) is 1. The molecule has 78 valence electrons. The summed E-state index contributed by atoms with van der Waals surface area (Å²) in [4.78, 5) is 13.2. The first kappa shape index (κ1) is 11.2. The summed E-state index contributed by atoms with van der Waals surface area (Å²) in [7, 11) is 1.60. The van der Waals surface area contributed by atoms with E-state index in [1.807, 2.05) is 6.07 Å². The van der Waals surface area contributed by atoms with Gasteiger partial charge < -0.3 is 15.8 Å². The summed E-state index contributed by atoms with van der Waals surface area (Å²) in [6.45, 7) is 1.54. The summed E-state index contributed by atoms with van der Waals surface area (Å²) >= 11 is 1.42. The van der Waals surface area contributed by atoms with E-state index in [-0.39, 0.29) is 5.91 Å². The van der Waals surface area contributed by atoms with Crippen LogP contribution in [0.3, 0.4) is 0 Å². The van der Waals surface area contributed by atoms with Gasteiger partial charge >= 0.3 is 0 Å². The van der Waals surface area contributed by atoms with Crippen LogP contribution in [0, 0.1) is 0 Å². The van der Waals surface area contributed by atoms with Crippen molar-refractivity contribution in [1.29, 1.82) is 0 Å². The maximum atomic E-state index is 11.5. The lowest BCUT2D eigenvalue weighted by molar-refractivity contribution is 0.0941. The molecule has 3 N–H and O–H groups in total. The maximum absolute atomic E-state index is 11.5. The average Bonchev–Trinajstić information content (AvgIpc) is 2.66. The van der Waals surface area contributed by atoms with Crippen LogP contribution in [0.15, 0.2) is 12.1 Å². The first-order valence-electron chi connectivity index (χ1n) is 4.34. The van der Waals surface area contributed by atoms with Crippen molar-refractivity contribution in [2.45, 2.75) is 6.54 Å². The smallest absolute Gasteiger partial charge is 0.261 e. The Balaban J connectivity index is 2.44. The van der Waals surface area contributed by atoms with Gasteiger partial charge in [-0.15, -0.1) is 11.3 Å². The van der Waals surface area contributed by atoms with Crippen molar-refractivity contribution in [3.63, 3.8) is 0 Å². The summed E-state index contributed by atoms with van der Waals surface area (Å²) < 4.78 is 4.82. The van der Waals surface area contributed by atoms with Gasteiger partial charge in [-0.05, 0) is 12.1 Å². The van der Waals surface area contributed by atoms with Crippen LogP contribution in [0.2, 0.25) is 0 Å². The fourth-order valence-electron chi connectivity index (χ4n) is 0.963. The van der Waals surface area contributed by atoms with E-state index in [9.17, 15) is 4.79 Å². The van der Waals surface area contributed by atoms with Crippen LogP contribution in [0.1, 0.15) is 14.5 Å². The van der Waals surface area contributed by atoms with Gasteiger partial charge in [-0.2, -0.15) is 0 Å². The lowest BCUT2D eigenvalue weighted by Gasteiger charge is -2.01. The molecule has 0 spiro atoms. The van der Waals surface area contributed by atoms with Crippen molar-refractivity contribution in [3.05, 3.63) is 21.9 Å². The number of carbonyl (C=O) groups is 1. The van der Waals surface area contributed by atoms with Crippen molar-refractivity contribution >= 4 is 17.2 Å². The number of nitrogens with two attached hydrogens (primary N) is 1. The second-order valence-electron chi connectivity index (χ2n) is 2.72. The maximum Gasteiger partial charge on any atom is 0.261 e. The molecule has 14 heavy (non-hydrogen) atoms. The Morgan fingerprint density at radius 2 is 2.43 bits per heavy atom. The molecular weight excluding hydrogens is 200 g/mol. The van der Waals surface area contributed by atoms with Crippen LogP contribution in [0.4, 0.5) is 0 Å². The Labute approximate surface area is 87.1 Å². The van der Waals surface area contributed by atoms with Gasteiger partial charge in [0.1, 0.15) is 0 Å². The molecule has 4 nitrogen and oxygen atoms in total. The van der Waals surface area contributed by atoms with Gasteiger partial charge in [0.2, 0.25) is 0 Å². The Morgan fingerprint density at radius 1 is 1.64 bits per heavy atom. The van der Waals surface area contributed by atoms with Crippen LogP contribution in [-0.4, -0.2) is 26.2 Å². The Kier molecular flexibility index (Phi) is 4.58. The monoisotopic (exact) mass is 214 g/mol. The second kappa shape index (κ2) is 5.74. The van der Waals surface area contributed by atoms with Gasteiger partial charge in [-0.25, -0.2) is 0 Å². The fraction of sp³-hybridized carbons (Fsp3) is 0.444. The van der Waals surface area contributed by atoms with Gasteiger partial charge in [-0.1, -0.05) is 0 Å². The summed E-state index contributed by atoms with van der Waals surface area (Å²) in [5.41, 5.74) is 5.44. The van der Waals surface area contributed by atoms with Gasteiger partial charge in [0.05, 0.1) is 11.5 Å². The van der Waals surface area contributed by atoms with Gasteiger partial charge in [0.25, 0.3) is 5.91 Å². The van der Waals surface area contributed by atoms with Crippen LogP contribution in [-0.2, 0) is 11.3 Å². The van der Waals surface area contributed by atoms with Crippen LogP contribution < -0.4 is 11.1 Å². The number of hydrogen-bond acceptors (Lipinski definition) is 4. The van der Waals surface area contributed by atoms with Crippen LogP contribution in [0.5, 0.6) is 0 Å². The highest BCUT2D eigenvalue weighted by Gasteiger charge is 2.07. The number of nitrogens with one attached hydrogen (secondary N) is 1. The van der Waals surface area contributed by atoms with Crippen molar-refractivity contribution in [3.8, 4) is 0 Å². The molecule has 1 aromatic heterocycles. The van der Waals surface area contributed by atoms with Crippen molar-refractivity contribution in [1.82, 2.24) is 5.32 Å². The van der Waals surface area contributed by atoms with Crippen LogP contribution in [0.25, 0.3) is 0 Å². The first-order valence-corrected chi connectivity index (χ1v) is 5.15. The predicted octanol–water partition coefficient (Wildman–Crippen LogP) is 0.583. The van der Waals surface area contributed by atoms with Crippen molar-refractivity contribution in [2.75, 3.05) is 20.3 Å². The zero-order valence-corrected chi connectivity index (χ0v) is 8.89. The number of hydrogen-bond donors (Lipinski definition) is 2. The minimum atomic E-state index is -0.0632. The van der Waals surface area contributed by atoms with Crippen LogP contribution >= 0.6 is 11.3 Å². The minimum absolute atomic E-state index is 0.0632. The van der Waals surface area contributed by atoms with E-state index < -0.39 is 0 Å². The molecule has 0 aliphatic carbocycles. The lowest BCUT2D eigenvalue weighted by Crippen LogP contribution is -2.26. The molecule has 0 saturated carbocycles. The normalized spacial score (nSPS) is 10.1. The molecule has 1 heterocycles. The molecule has 0 unspecified atom stereocenters. The molecular formula is C9H14N2O2S. The van der Waals surface area contributed by atoms with E-state index in [2.05, 4.69) is 5.32 Å². The van der Waals surface area contributed by atoms with Gasteiger partial charge in [0, 0.05) is 25.1 Å². The number of methoxy groups -OCH3 is 1. The second-order valence-corrected chi connectivity index (χ2v) is 3.89. The topological polar surface area (TPSA) is 64.3 Å². The summed E-state index contributed by atoms with van der Waals surface area (Å²) in [6, 6.07) is 3.66. The highest BCUT2D eigenvalue weighted by Crippen LogP contribution is 2.15. The van der Waals surface area contributed by atoms with E-state index in [1.165, 1.54) is 11.3 Å². The molecule has 0 bridgehead atoms. The van der Waals surface area contributed by atoms with Crippen molar-refractivity contribution in [2.24, 2.45) is 5.73 Å². The minimum Gasteiger partial charge on any atom is -0.383 e. The standard InChI is InChI=1S/C9H14N2O2S/c1-13-5-4-11-9(12)8-3-2-7(6-10)14-8/h2-3H,4-6,10H2,1H3,(H,11,12). The number of rotatable bonds is 5. The number of thiophene rings is 1. The largest absolute Gasteiger partial charge is 0.383 e. The molecule has 5 heteroatoms. The van der Waals surface area contributed by atoms with Crippen molar-refractivity contribution < 1.29 is 9.53 Å². The number of carbonyl (C=O) groups excluding carboxylic acids is 1. The zero-order valence-electron chi connectivity index (χ0n) is 8.08. The summed E-state index contributed by atoms with van der Waals surface area (Å²) in [5.74, 6) is -0.0632. The van der Waals surface area contributed by atoms with E-state index in [1.54, 1.807) is 13.2 Å². The molecule has 0 saturated heterocycles. The lowest BCUT2D eigenvalue weighted by atomic mass is 10.4. The zero-order chi connectivity index (χ0) is 10.4. The van der Waals surface area contributed by atoms with E-state index in [4.69, 9.17) is 10.5 Å². The third kappa shape index (κ3) is 3.10. The third-order valence-corrected chi connectivity index (χ3v) is 2.78. The Bertz CT molecular complexity index is 299. The fourth-order valence-corrected chi connectivity index (χ4v) is 1.77. The van der Waals surface area contributed by atoms with E-state index in [0.29, 0.717) is 24.6 Å².